The Labute approximate surface area is 187 Å². The van der Waals surface area contributed by atoms with Crippen molar-refractivity contribution in [3.63, 3.8) is 0 Å². The van der Waals surface area contributed by atoms with Crippen LogP contribution in [0.25, 0.3) is 0 Å². The second-order valence-electron chi connectivity index (χ2n) is 6.75. The number of benzene rings is 1. The summed E-state index contributed by atoms with van der Waals surface area (Å²) in [5.74, 6) is -0.747. The van der Waals surface area contributed by atoms with Gasteiger partial charge in [-0.1, -0.05) is 37.3 Å². The van der Waals surface area contributed by atoms with Gasteiger partial charge >= 0.3 is 5.97 Å². The molecule has 0 bridgehead atoms. The van der Waals surface area contributed by atoms with Crippen molar-refractivity contribution in [1.29, 1.82) is 0 Å². The third-order valence-corrected chi connectivity index (χ3v) is 5.92. The van der Waals surface area contributed by atoms with Crippen LogP contribution in [0, 0.1) is 5.92 Å². The Balaban J connectivity index is 1.64. The summed E-state index contributed by atoms with van der Waals surface area (Å²) in [6.07, 6.45) is 3.72. The molecule has 1 unspecified atom stereocenters. The number of Topliss-reactive ketones (excluding diaryl/α,β-unsaturated/α-hetero) is 1. The van der Waals surface area contributed by atoms with Gasteiger partial charge in [0.15, 0.2) is 5.13 Å². The van der Waals surface area contributed by atoms with Crippen molar-refractivity contribution < 1.29 is 14.3 Å². The quantitative estimate of drug-likeness (QED) is 0.323. The van der Waals surface area contributed by atoms with E-state index in [4.69, 9.17) is 4.74 Å². The van der Waals surface area contributed by atoms with E-state index in [1.54, 1.807) is 19.2 Å². The highest BCUT2D eigenvalue weighted by atomic mass is 79.9. The van der Waals surface area contributed by atoms with Crippen molar-refractivity contribution in [2.75, 3.05) is 5.32 Å². The van der Waals surface area contributed by atoms with Gasteiger partial charge in [-0.05, 0) is 47.7 Å². The number of hydrogen-bond acceptors (Lipinski definition) is 7. The molecular weight excluding hydrogens is 466 g/mol. The van der Waals surface area contributed by atoms with E-state index in [1.165, 1.54) is 23.8 Å². The highest BCUT2D eigenvalue weighted by molar-refractivity contribution is 9.10. The molecule has 8 heteroatoms. The number of pyridine rings is 1. The smallest absolute Gasteiger partial charge is 0.321 e. The fraction of sp³-hybridized carbons (Fsp3) is 0.273. The van der Waals surface area contributed by atoms with Gasteiger partial charge in [0.25, 0.3) is 0 Å². The van der Waals surface area contributed by atoms with Crippen molar-refractivity contribution in [2.24, 2.45) is 5.92 Å². The Hall–Kier alpha value is -2.58. The van der Waals surface area contributed by atoms with E-state index in [0.717, 1.165) is 18.5 Å². The zero-order valence-corrected chi connectivity index (χ0v) is 19.1. The zero-order valence-electron chi connectivity index (χ0n) is 16.7. The van der Waals surface area contributed by atoms with Gasteiger partial charge in [0.2, 0.25) is 0 Å². The van der Waals surface area contributed by atoms with Crippen LogP contribution < -0.4 is 10.1 Å². The Morgan fingerprint density at radius 1 is 1.23 bits per heavy atom. The molecule has 1 atom stereocenters. The third kappa shape index (κ3) is 5.96. The lowest BCUT2D eigenvalue weighted by Crippen LogP contribution is -2.26. The van der Waals surface area contributed by atoms with E-state index < -0.39 is 11.9 Å². The summed E-state index contributed by atoms with van der Waals surface area (Å²) in [6, 6.07) is 11.9. The summed E-state index contributed by atoms with van der Waals surface area (Å²) in [4.78, 5) is 32.8. The SMILES string of the molecule is CCC(C(C)=O)C(=O)Oc1cc(Nc2nc(CCc3ccccc3)cs2)ncc1Br. The molecule has 0 amide bonds. The number of ether oxygens (including phenoxy) is 1. The predicted octanol–water partition coefficient (Wildman–Crippen LogP) is 5.35. The molecule has 1 aromatic carbocycles. The summed E-state index contributed by atoms with van der Waals surface area (Å²) in [5, 5.41) is 5.87. The molecule has 2 heterocycles. The Bertz CT molecular complexity index is 1020. The number of ketones is 1. The van der Waals surface area contributed by atoms with Crippen LogP contribution in [-0.4, -0.2) is 21.7 Å². The van der Waals surface area contributed by atoms with E-state index in [0.29, 0.717) is 27.6 Å². The standard InChI is InChI=1S/C22H22BrN3O3S/c1-3-17(14(2)27)21(28)29-19-11-20(24-12-18(19)23)26-22-25-16(13-30-22)10-9-15-7-5-4-6-8-15/h4-8,11-13,17H,3,9-10H2,1-2H3,(H,24,25,26). The molecule has 6 nitrogen and oxygen atoms in total. The van der Waals surface area contributed by atoms with Gasteiger partial charge in [-0.15, -0.1) is 11.3 Å². The number of anilines is 2. The molecule has 3 aromatic rings. The van der Waals surface area contributed by atoms with E-state index in [2.05, 4.69) is 43.3 Å². The molecule has 0 saturated carbocycles. The first kappa shape index (κ1) is 22.1. The average Bonchev–Trinajstić information content (AvgIpc) is 3.17. The largest absolute Gasteiger partial charge is 0.425 e. The first-order valence-corrected chi connectivity index (χ1v) is 11.3. The van der Waals surface area contributed by atoms with Gasteiger partial charge in [-0.2, -0.15) is 0 Å². The molecule has 0 saturated heterocycles. The minimum absolute atomic E-state index is 0.211. The summed E-state index contributed by atoms with van der Waals surface area (Å²) >= 11 is 4.82. The number of carbonyl (C=O) groups excluding carboxylic acids is 2. The van der Waals surface area contributed by atoms with Crippen molar-refractivity contribution in [3.8, 4) is 5.75 Å². The maximum absolute atomic E-state index is 12.3. The molecule has 0 spiro atoms. The van der Waals surface area contributed by atoms with Gasteiger partial charge in [-0.3, -0.25) is 9.59 Å². The molecule has 156 valence electrons. The molecule has 1 N–H and O–H groups in total. The van der Waals surface area contributed by atoms with Crippen molar-refractivity contribution in [2.45, 2.75) is 33.1 Å². The average molecular weight is 488 g/mol. The molecule has 0 aliphatic rings. The maximum atomic E-state index is 12.3. The molecule has 30 heavy (non-hydrogen) atoms. The highest BCUT2D eigenvalue weighted by Gasteiger charge is 2.24. The van der Waals surface area contributed by atoms with Crippen molar-refractivity contribution in [1.82, 2.24) is 9.97 Å². The summed E-state index contributed by atoms with van der Waals surface area (Å²) < 4.78 is 5.96. The molecular formula is C22H22BrN3O3S. The molecule has 0 aliphatic heterocycles. The number of esters is 1. The normalized spacial score (nSPS) is 11.7. The monoisotopic (exact) mass is 487 g/mol. The fourth-order valence-electron chi connectivity index (χ4n) is 2.87. The van der Waals surface area contributed by atoms with Crippen LogP contribution in [0.2, 0.25) is 0 Å². The number of hydrogen-bond donors (Lipinski definition) is 1. The lowest BCUT2D eigenvalue weighted by Gasteiger charge is -2.12. The molecule has 0 aliphatic carbocycles. The minimum Gasteiger partial charge on any atom is -0.425 e. The van der Waals surface area contributed by atoms with Gasteiger partial charge in [0.05, 0.1) is 10.2 Å². The van der Waals surface area contributed by atoms with Crippen LogP contribution in [0.15, 0.2) is 52.4 Å². The minimum atomic E-state index is -0.771. The Morgan fingerprint density at radius 3 is 2.70 bits per heavy atom. The van der Waals surface area contributed by atoms with E-state index in [9.17, 15) is 9.59 Å². The van der Waals surface area contributed by atoms with E-state index >= 15 is 0 Å². The van der Waals surface area contributed by atoms with Gasteiger partial charge in [0.1, 0.15) is 23.3 Å². The van der Waals surface area contributed by atoms with Crippen LogP contribution >= 0.6 is 27.3 Å². The number of halogens is 1. The summed E-state index contributed by atoms with van der Waals surface area (Å²) in [6.45, 7) is 3.17. The number of aromatic nitrogens is 2. The topological polar surface area (TPSA) is 81.2 Å². The van der Waals surface area contributed by atoms with Gasteiger partial charge in [0, 0.05) is 17.6 Å². The maximum Gasteiger partial charge on any atom is 0.321 e. The number of nitrogens with one attached hydrogen (secondary N) is 1. The van der Waals surface area contributed by atoms with Crippen molar-refractivity contribution >= 4 is 50.0 Å². The number of aryl methyl sites for hydroxylation is 2. The van der Waals surface area contributed by atoms with Gasteiger partial charge < -0.3 is 10.1 Å². The number of rotatable bonds is 9. The van der Waals surface area contributed by atoms with Crippen LogP contribution in [0.5, 0.6) is 5.75 Å². The van der Waals surface area contributed by atoms with Gasteiger partial charge in [-0.25, -0.2) is 9.97 Å². The number of carbonyl (C=O) groups is 2. The second-order valence-corrected chi connectivity index (χ2v) is 8.46. The van der Waals surface area contributed by atoms with Crippen LogP contribution in [-0.2, 0) is 22.4 Å². The van der Waals surface area contributed by atoms with Crippen LogP contribution in [0.1, 0.15) is 31.5 Å². The molecule has 3 rings (SSSR count). The summed E-state index contributed by atoms with van der Waals surface area (Å²) in [5.41, 5.74) is 2.28. The van der Waals surface area contributed by atoms with E-state index in [-0.39, 0.29) is 5.78 Å². The third-order valence-electron chi connectivity index (χ3n) is 4.51. The molecule has 0 radical (unpaired) electrons. The number of thiazole rings is 1. The Morgan fingerprint density at radius 2 is 2.00 bits per heavy atom. The van der Waals surface area contributed by atoms with Crippen LogP contribution in [0.4, 0.5) is 10.9 Å². The zero-order chi connectivity index (χ0) is 21.5. The summed E-state index contributed by atoms with van der Waals surface area (Å²) in [7, 11) is 0. The highest BCUT2D eigenvalue weighted by Crippen LogP contribution is 2.29. The first-order valence-electron chi connectivity index (χ1n) is 9.59. The predicted molar refractivity (Wildman–Crippen MR) is 121 cm³/mol. The number of nitrogens with zero attached hydrogens (tertiary/aromatic N) is 2. The lowest BCUT2D eigenvalue weighted by molar-refractivity contribution is -0.143. The Kier molecular flexibility index (Phi) is 7.70. The first-order chi connectivity index (χ1) is 14.5. The second kappa shape index (κ2) is 10.4. The van der Waals surface area contributed by atoms with Crippen LogP contribution in [0.3, 0.4) is 0 Å². The fourth-order valence-corrected chi connectivity index (χ4v) is 3.92. The van der Waals surface area contributed by atoms with Crippen molar-refractivity contribution in [3.05, 3.63) is 63.7 Å². The van der Waals surface area contributed by atoms with E-state index in [1.807, 2.05) is 23.6 Å². The molecule has 2 aromatic heterocycles. The lowest BCUT2D eigenvalue weighted by atomic mass is 10.0. The molecule has 0 fully saturated rings.